The van der Waals surface area contributed by atoms with Crippen molar-refractivity contribution in [2.45, 2.75) is 26.3 Å². The quantitative estimate of drug-likeness (QED) is 0.615. The monoisotopic (exact) mass is 333 g/mol. The molecule has 1 N–H and O–H groups in total. The van der Waals surface area contributed by atoms with Crippen molar-refractivity contribution < 1.29 is 4.92 Å². The van der Waals surface area contributed by atoms with Crippen LogP contribution in [0.25, 0.3) is 5.65 Å². The lowest BCUT2D eigenvalue weighted by Crippen LogP contribution is -2.36. The Hall–Kier alpha value is -2.48. The van der Waals surface area contributed by atoms with Gasteiger partial charge in [-0.25, -0.2) is 4.98 Å². The third-order valence-electron chi connectivity index (χ3n) is 3.87. The highest BCUT2D eigenvalue weighted by atomic mass is 16.6. The van der Waals surface area contributed by atoms with E-state index in [9.17, 15) is 14.9 Å². The molecule has 0 aliphatic rings. The van der Waals surface area contributed by atoms with Gasteiger partial charge >= 0.3 is 11.2 Å². The molecule has 1 atom stereocenters. The number of pyridine rings is 1. The number of nitro groups is 1. The average Bonchev–Trinajstić information content (AvgIpc) is 2.50. The summed E-state index contributed by atoms with van der Waals surface area (Å²) in [4.78, 5) is 29.4. The summed E-state index contributed by atoms with van der Waals surface area (Å²) < 4.78 is 1.18. The van der Waals surface area contributed by atoms with E-state index in [-0.39, 0.29) is 11.9 Å². The van der Waals surface area contributed by atoms with Crippen molar-refractivity contribution in [2.24, 2.45) is 5.92 Å². The second kappa shape index (κ2) is 7.39. The predicted molar refractivity (Wildman–Crippen MR) is 93.5 cm³/mol. The Morgan fingerprint density at radius 1 is 1.38 bits per heavy atom. The van der Waals surface area contributed by atoms with Crippen LogP contribution in [0.15, 0.2) is 29.2 Å². The second-order valence-electron chi connectivity index (χ2n) is 6.43. The van der Waals surface area contributed by atoms with E-state index < -0.39 is 16.2 Å². The van der Waals surface area contributed by atoms with Gasteiger partial charge < -0.3 is 10.2 Å². The van der Waals surface area contributed by atoms with Crippen molar-refractivity contribution in [1.82, 2.24) is 14.3 Å². The van der Waals surface area contributed by atoms with Gasteiger partial charge in [-0.3, -0.25) is 19.3 Å². The van der Waals surface area contributed by atoms with Crippen LogP contribution >= 0.6 is 0 Å². The first-order valence-corrected chi connectivity index (χ1v) is 7.87. The molecule has 0 aromatic carbocycles. The SMILES string of the molecule is CC(C)C[C@H](CNc1nc2ccccn2c(=O)c1[N+](=O)[O-])N(C)C. The summed E-state index contributed by atoms with van der Waals surface area (Å²) >= 11 is 0. The third-order valence-corrected chi connectivity index (χ3v) is 3.87. The highest BCUT2D eigenvalue weighted by Gasteiger charge is 2.24. The number of nitrogens with zero attached hydrogens (tertiary/aromatic N) is 4. The Bertz CT molecular complexity index is 785. The molecule has 0 aliphatic carbocycles. The first-order chi connectivity index (χ1) is 11.3. The Labute approximate surface area is 140 Å². The molecule has 24 heavy (non-hydrogen) atoms. The molecule has 0 amide bonds. The van der Waals surface area contributed by atoms with Gasteiger partial charge in [-0.15, -0.1) is 0 Å². The Morgan fingerprint density at radius 3 is 2.67 bits per heavy atom. The van der Waals surface area contributed by atoms with Crippen LogP contribution in [-0.2, 0) is 0 Å². The van der Waals surface area contributed by atoms with Crippen molar-refractivity contribution in [3.8, 4) is 0 Å². The number of nitrogens with one attached hydrogen (secondary N) is 1. The molecule has 2 aromatic heterocycles. The normalized spacial score (nSPS) is 12.8. The minimum absolute atomic E-state index is 0.0202. The molecule has 0 radical (unpaired) electrons. The van der Waals surface area contributed by atoms with Gasteiger partial charge in [-0.05, 0) is 38.6 Å². The largest absolute Gasteiger partial charge is 0.376 e. The topological polar surface area (TPSA) is 92.8 Å². The highest BCUT2D eigenvalue weighted by Crippen LogP contribution is 2.19. The molecule has 0 unspecified atom stereocenters. The minimum Gasteiger partial charge on any atom is -0.363 e. The van der Waals surface area contributed by atoms with E-state index >= 15 is 0 Å². The Kier molecular flexibility index (Phi) is 5.50. The summed E-state index contributed by atoms with van der Waals surface area (Å²) in [6.07, 6.45) is 2.41. The lowest BCUT2D eigenvalue weighted by atomic mass is 10.0. The standard InChI is InChI=1S/C16H23N5O3/c1-11(2)9-12(19(3)4)10-17-15-14(21(23)24)16(22)20-8-6-5-7-13(20)18-15/h5-8,11-12,17H,9-10H2,1-4H3/t12-/m1/s1. The van der Waals surface area contributed by atoms with Gasteiger partial charge in [-0.1, -0.05) is 19.9 Å². The van der Waals surface area contributed by atoms with Crippen molar-refractivity contribution in [3.63, 3.8) is 0 Å². The van der Waals surface area contributed by atoms with Crippen LogP contribution in [0.1, 0.15) is 20.3 Å². The molecule has 2 heterocycles. The van der Waals surface area contributed by atoms with Gasteiger partial charge in [0, 0.05) is 18.8 Å². The van der Waals surface area contributed by atoms with Gasteiger partial charge in [0.15, 0.2) is 0 Å². The van der Waals surface area contributed by atoms with Gasteiger partial charge in [0.25, 0.3) is 0 Å². The van der Waals surface area contributed by atoms with Crippen molar-refractivity contribution in [1.29, 1.82) is 0 Å². The van der Waals surface area contributed by atoms with Crippen LogP contribution in [0.3, 0.4) is 0 Å². The number of rotatable bonds is 7. The lowest BCUT2D eigenvalue weighted by molar-refractivity contribution is -0.385. The van der Waals surface area contributed by atoms with E-state index in [1.54, 1.807) is 18.2 Å². The van der Waals surface area contributed by atoms with Gasteiger partial charge in [0.1, 0.15) is 5.65 Å². The summed E-state index contributed by atoms with van der Waals surface area (Å²) in [7, 11) is 3.93. The number of anilines is 1. The highest BCUT2D eigenvalue weighted by molar-refractivity contribution is 5.59. The summed E-state index contributed by atoms with van der Waals surface area (Å²) in [5, 5.41) is 14.4. The summed E-state index contributed by atoms with van der Waals surface area (Å²) in [5.41, 5.74) is -0.833. The number of likely N-dealkylation sites (N-methyl/N-ethyl adjacent to an activating group) is 1. The molecule has 0 saturated heterocycles. The fourth-order valence-electron chi connectivity index (χ4n) is 2.60. The number of hydrogen-bond acceptors (Lipinski definition) is 6. The zero-order valence-electron chi connectivity index (χ0n) is 14.4. The molecular formula is C16H23N5O3. The molecule has 8 heteroatoms. The van der Waals surface area contributed by atoms with Crippen LogP contribution in [0.4, 0.5) is 11.5 Å². The fourth-order valence-corrected chi connectivity index (χ4v) is 2.60. The Balaban J connectivity index is 2.38. The molecule has 0 aliphatic heterocycles. The summed E-state index contributed by atoms with van der Waals surface area (Å²) in [5.74, 6) is 0.510. The molecule has 8 nitrogen and oxygen atoms in total. The van der Waals surface area contributed by atoms with Crippen molar-refractivity contribution in [3.05, 3.63) is 44.9 Å². The molecule has 130 valence electrons. The molecule has 0 bridgehead atoms. The van der Waals surface area contributed by atoms with Crippen molar-refractivity contribution >= 4 is 17.2 Å². The fraction of sp³-hybridized carbons (Fsp3) is 0.500. The van der Waals surface area contributed by atoms with E-state index in [4.69, 9.17) is 0 Å². The number of fused-ring (bicyclic) bond motifs is 1. The van der Waals surface area contributed by atoms with Gasteiger partial charge in [0.05, 0.1) is 4.92 Å². The zero-order chi connectivity index (χ0) is 17.9. The van der Waals surface area contributed by atoms with E-state index in [2.05, 4.69) is 29.0 Å². The van der Waals surface area contributed by atoms with E-state index in [0.29, 0.717) is 18.1 Å². The van der Waals surface area contributed by atoms with Crippen LogP contribution in [0.2, 0.25) is 0 Å². The van der Waals surface area contributed by atoms with Gasteiger partial charge in [-0.2, -0.15) is 0 Å². The van der Waals surface area contributed by atoms with Crippen LogP contribution in [0.5, 0.6) is 0 Å². The smallest absolute Gasteiger partial charge is 0.363 e. The zero-order valence-corrected chi connectivity index (χ0v) is 14.4. The van der Waals surface area contributed by atoms with E-state index in [0.717, 1.165) is 6.42 Å². The van der Waals surface area contributed by atoms with Crippen LogP contribution in [-0.4, -0.2) is 45.9 Å². The molecular weight excluding hydrogens is 310 g/mol. The average molecular weight is 333 g/mol. The number of aromatic nitrogens is 2. The maximum Gasteiger partial charge on any atom is 0.376 e. The first-order valence-electron chi connectivity index (χ1n) is 7.87. The minimum atomic E-state index is -0.682. The molecule has 2 rings (SSSR count). The second-order valence-corrected chi connectivity index (χ2v) is 6.43. The van der Waals surface area contributed by atoms with Gasteiger partial charge in [0.2, 0.25) is 5.82 Å². The third kappa shape index (κ3) is 3.88. The molecule has 2 aromatic rings. The van der Waals surface area contributed by atoms with E-state index in [1.807, 2.05) is 14.1 Å². The maximum absolute atomic E-state index is 12.4. The molecule has 0 fully saturated rings. The lowest BCUT2D eigenvalue weighted by Gasteiger charge is -2.26. The summed E-state index contributed by atoms with van der Waals surface area (Å²) in [6.45, 7) is 4.72. The Morgan fingerprint density at radius 2 is 2.08 bits per heavy atom. The van der Waals surface area contributed by atoms with E-state index in [1.165, 1.54) is 10.6 Å². The molecule has 0 spiro atoms. The first kappa shape index (κ1) is 17.9. The van der Waals surface area contributed by atoms with Crippen molar-refractivity contribution in [2.75, 3.05) is 26.0 Å². The van der Waals surface area contributed by atoms with Crippen LogP contribution < -0.4 is 10.9 Å². The summed E-state index contributed by atoms with van der Waals surface area (Å²) in [6, 6.07) is 5.20. The maximum atomic E-state index is 12.4. The number of hydrogen-bond donors (Lipinski definition) is 1. The molecule has 0 saturated carbocycles. The van der Waals surface area contributed by atoms with Crippen LogP contribution in [0, 0.1) is 16.0 Å². The predicted octanol–water partition coefficient (Wildman–Crippen LogP) is 1.99.